The van der Waals surface area contributed by atoms with E-state index in [0.29, 0.717) is 18.7 Å². The molecule has 0 rings (SSSR count). The number of esters is 1. The minimum atomic E-state index is -1.04. The standard InChI is InChI=1S/C7H11Cl3O2/c1-12-6(11)5-7(9,10)3-2-4-8/h2-5H2,1H3. The van der Waals surface area contributed by atoms with Crippen molar-refractivity contribution in [1.82, 2.24) is 0 Å². The highest BCUT2D eigenvalue weighted by Crippen LogP contribution is 2.31. The Morgan fingerprint density at radius 2 is 2.08 bits per heavy atom. The van der Waals surface area contributed by atoms with Crippen LogP contribution in [0, 0.1) is 0 Å². The Kier molecular flexibility index (Phi) is 6.06. The van der Waals surface area contributed by atoms with Gasteiger partial charge in [-0.05, 0) is 12.8 Å². The third-order valence-corrected chi connectivity index (χ3v) is 2.22. The van der Waals surface area contributed by atoms with Gasteiger partial charge in [0.15, 0.2) is 0 Å². The second-order valence-corrected chi connectivity index (χ2v) is 4.42. The van der Waals surface area contributed by atoms with Crippen molar-refractivity contribution in [2.45, 2.75) is 23.6 Å². The van der Waals surface area contributed by atoms with Crippen LogP contribution in [0.3, 0.4) is 0 Å². The molecule has 12 heavy (non-hydrogen) atoms. The molecule has 0 saturated heterocycles. The van der Waals surface area contributed by atoms with Crippen molar-refractivity contribution in [1.29, 1.82) is 0 Å². The number of carbonyl (C=O) groups excluding carboxylic acids is 1. The predicted octanol–water partition coefficient (Wildman–Crippen LogP) is 2.74. The minimum absolute atomic E-state index is 0.00347. The molecule has 72 valence electrons. The van der Waals surface area contributed by atoms with Gasteiger partial charge in [0.2, 0.25) is 0 Å². The maximum atomic E-state index is 10.8. The van der Waals surface area contributed by atoms with Gasteiger partial charge in [0.05, 0.1) is 13.5 Å². The number of hydrogen-bond acceptors (Lipinski definition) is 2. The Morgan fingerprint density at radius 3 is 2.50 bits per heavy atom. The first-order valence-corrected chi connectivity index (χ1v) is 4.81. The molecular weight excluding hydrogens is 222 g/mol. The van der Waals surface area contributed by atoms with Gasteiger partial charge >= 0.3 is 5.97 Å². The Labute approximate surface area is 87.1 Å². The molecule has 0 fully saturated rings. The first kappa shape index (κ1) is 12.3. The number of hydrogen-bond donors (Lipinski definition) is 0. The topological polar surface area (TPSA) is 26.3 Å². The summed E-state index contributed by atoms with van der Waals surface area (Å²) in [5, 5.41) is 0. The number of carbonyl (C=O) groups is 1. The molecule has 0 bridgehead atoms. The highest BCUT2D eigenvalue weighted by atomic mass is 35.5. The molecule has 0 aliphatic carbocycles. The van der Waals surface area contributed by atoms with Crippen molar-refractivity contribution in [2.75, 3.05) is 13.0 Å². The average molecular weight is 234 g/mol. The van der Waals surface area contributed by atoms with Crippen LogP contribution in [-0.2, 0) is 9.53 Å². The first-order valence-electron chi connectivity index (χ1n) is 3.52. The van der Waals surface area contributed by atoms with Crippen molar-refractivity contribution in [3.63, 3.8) is 0 Å². The zero-order valence-electron chi connectivity index (χ0n) is 6.78. The van der Waals surface area contributed by atoms with Crippen molar-refractivity contribution in [3.05, 3.63) is 0 Å². The number of rotatable bonds is 5. The van der Waals surface area contributed by atoms with Crippen molar-refractivity contribution < 1.29 is 9.53 Å². The number of alkyl halides is 3. The van der Waals surface area contributed by atoms with Gasteiger partial charge in [-0.1, -0.05) is 0 Å². The molecular formula is C7H11Cl3O2. The summed E-state index contributed by atoms with van der Waals surface area (Å²) in [7, 11) is 1.30. The molecule has 0 aliphatic heterocycles. The molecule has 0 spiro atoms. The quantitative estimate of drug-likeness (QED) is 0.539. The van der Waals surface area contributed by atoms with Crippen LogP contribution < -0.4 is 0 Å². The lowest BCUT2D eigenvalue weighted by molar-refractivity contribution is -0.140. The van der Waals surface area contributed by atoms with Gasteiger partial charge in [-0.2, -0.15) is 0 Å². The van der Waals surface area contributed by atoms with Crippen LogP contribution in [0.1, 0.15) is 19.3 Å². The second-order valence-electron chi connectivity index (χ2n) is 2.40. The number of halogens is 3. The smallest absolute Gasteiger partial charge is 0.308 e. The minimum Gasteiger partial charge on any atom is -0.469 e. The van der Waals surface area contributed by atoms with Gasteiger partial charge in [0.25, 0.3) is 0 Å². The fourth-order valence-electron chi connectivity index (χ4n) is 0.697. The Bertz CT molecular complexity index is 148. The van der Waals surface area contributed by atoms with Gasteiger partial charge in [-0.3, -0.25) is 4.79 Å². The third kappa shape index (κ3) is 5.92. The number of ether oxygens (including phenoxy) is 1. The van der Waals surface area contributed by atoms with Crippen LogP contribution >= 0.6 is 34.8 Å². The van der Waals surface area contributed by atoms with Crippen LogP contribution in [0.25, 0.3) is 0 Å². The summed E-state index contributed by atoms with van der Waals surface area (Å²) in [5.41, 5.74) is 0. The van der Waals surface area contributed by atoms with Gasteiger partial charge in [0.1, 0.15) is 4.33 Å². The zero-order valence-corrected chi connectivity index (χ0v) is 9.05. The van der Waals surface area contributed by atoms with Crippen molar-refractivity contribution in [3.8, 4) is 0 Å². The van der Waals surface area contributed by atoms with E-state index in [9.17, 15) is 4.79 Å². The number of methoxy groups -OCH3 is 1. The summed E-state index contributed by atoms with van der Waals surface area (Å²) in [6.45, 7) is 0. The summed E-state index contributed by atoms with van der Waals surface area (Å²) >= 11 is 17.0. The van der Waals surface area contributed by atoms with Crippen LogP contribution in [-0.4, -0.2) is 23.3 Å². The molecule has 0 heterocycles. The molecule has 5 heteroatoms. The van der Waals surface area contributed by atoms with E-state index in [-0.39, 0.29) is 6.42 Å². The van der Waals surface area contributed by atoms with Gasteiger partial charge in [-0.15, -0.1) is 34.8 Å². The largest absolute Gasteiger partial charge is 0.469 e. The zero-order chi connectivity index (χ0) is 9.61. The molecule has 2 nitrogen and oxygen atoms in total. The Balaban J connectivity index is 3.77. The molecule has 0 N–H and O–H groups in total. The van der Waals surface area contributed by atoms with E-state index in [1.54, 1.807) is 0 Å². The summed E-state index contributed by atoms with van der Waals surface area (Å²) in [6.07, 6.45) is 1.18. The van der Waals surface area contributed by atoms with E-state index in [1.807, 2.05) is 0 Å². The van der Waals surface area contributed by atoms with Gasteiger partial charge in [0, 0.05) is 5.88 Å². The van der Waals surface area contributed by atoms with Crippen molar-refractivity contribution in [2.24, 2.45) is 0 Å². The third-order valence-electron chi connectivity index (χ3n) is 1.31. The lowest BCUT2D eigenvalue weighted by Gasteiger charge is -2.16. The van der Waals surface area contributed by atoms with Gasteiger partial charge < -0.3 is 4.74 Å². The fraction of sp³-hybridized carbons (Fsp3) is 0.857. The van der Waals surface area contributed by atoms with E-state index in [1.165, 1.54) is 7.11 Å². The highest BCUT2D eigenvalue weighted by molar-refractivity contribution is 6.49. The normalized spacial score (nSPS) is 11.3. The van der Waals surface area contributed by atoms with E-state index < -0.39 is 10.3 Å². The Hall–Kier alpha value is 0.340. The van der Waals surface area contributed by atoms with E-state index >= 15 is 0 Å². The molecule has 0 aromatic heterocycles. The molecule has 0 saturated carbocycles. The lowest BCUT2D eigenvalue weighted by atomic mass is 10.2. The van der Waals surface area contributed by atoms with Crippen molar-refractivity contribution >= 4 is 40.8 Å². The summed E-state index contributed by atoms with van der Waals surface area (Å²) in [4.78, 5) is 10.8. The van der Waals surface area contributed by atoms with E-state index in [2.05, 4.69) is 4.74 Å². The molecule has 0 aromatic rings. The first-order chi connectivity index (χ1) is 5.52. The van der Waals surface area contributed by atoms with E-state index in [0.717, 1.165) is 0 Å². The van der Waals surface area contributed by atoms with Crippen LogP contribution in [0.4, 0.5) is 0 Å². The summed E-state index contributed by atoms with van der Waals surface area (Å²) in [6, 6.07) is 0. The molecule has 0 radical (unpaired) electrons. The maximum absolute atomic E-state index is 10.8. The molecule has 0 aliphatic rings. The molecule has 0 amide bonds. The lowest BCUT2D eigenvalue weighted by Crippen LogP contribution is -2.19. The summed E-state index contributed by atoms with van der Waals surface area (Å²) in [5.74, 6) is 0.0807. The molecule has 0 aromatic carbocycles. The maximum Gasteiger partial charge on any atom is 0.308 e. The van der Waals surface area contributed by atoms with Crippen LogP contribution in [0.15, 0.2) is 0 Å². The monoisotopic (exact) mass is 232 g/mol. The highest BCUT2D eigenvalue weighted by Gasteiger charge is 2.27. The van der Waals surface area contributed by atoms with Crippen LogP contribution in [0.2, 0.25) is 0 Å². The average Bonchev–Trinajstić information content (AvgIpc) is 2.00. The van der Waals surface area contributed by atoms with Crippen LogP contribution in [0.5, 0.6) is 0 Å². The molecule has 0 atom stereocenters. The van der Waals surface area contributed by atoms with Gasteiger partial charge in [-0.25, -0.2) is 0 Å². The fourth-order valence-corrected chi connectivity index (χ4v) is 1.32. The predicted molar refractivity (Wildman–Crippen MR) is 51.0 cm³/mol. The molecule has 0 unspecified atom stereocenters. The summed E-state index contributed by atoms with van der Waals surface area (Å²) < 4.78 is 3.39. The SMILES string of the molecule is COC(=O)CC(Cl)(Cl)CCCCl. The van der Waals surface area contributed by atoms with E-state index in [4.69, 9.17) is 34.8 Å². The Morgan fingerprint density at radius 1 is 1.50 bits per heavy atom. The second kappa shape index (κ2) is 5.90.